The largest absolute Gasteiger partial charge is 0.469 e. The van der Waals surface area contributed by atoms with Gasteiger partial charge in [-0.3, -0.25) is 4.79 Å². The maximum atomic E-state index is 11.1. The van der Waals surface area contributed by atoms with Crippen molar-refractivity contribution in [2.24, 2.45) is 0 Å². The summed E-state index contributed by atoms with van der Waals surface area (Å²) in [6.45, 7) is -0.214. The fraction of sp³-hybridized carbons (Fsp3) is 0.273. The Morgan fingerprint density at radius 3 is 2.75 bits per heavy atom. The smallest absolute Gasteiger partial charge is 0.309 e. The lowest BCUT2D eigenvalue weighted by Gasteiger charge is -2.08. The number of nitrogens with zero attached hydrogens (tertiary/aromatic N) is 1. The highest BCUT2D eigenvalue weighted by molar-refractivity contribution is 9.10. The van der Waals surface area contributed by atoms with Crippen molar-refractivity contribution in [2.45, 2.75) is 13.0 Å². The van der Waals surface area contributed by atoms with Gasteiger partial charge in [0.1, 0.15) is 6.07 Å². The van der Waals surface area contributed by atoms with Gasteiger partial charge in [0.05, 0.1) is 25.7 Å². The van der Waals surface area contributed by atoms with Gasteiger partial charge in [0, 0.05) is 4.47 Å². The number of hydrogen-bond acceptors (Lipinski definition) is 4. The second-order valence-electron chi connectivity index (χ2n) is 3.12. The normalized spacial score (nSPS) is 9.62. The summed E-state index contributed by atoms with van der Waals surface area (Å²) in [6, 6.07) is 5.20. The van der Waals surface area contributed by atoms with Gasteiger partial charge in [0.2, 0.25) is 0 Å². The molecule has 1 rings (SSSR count). The van der Waals surface area contributed by atoms with Crippen LogP contribution in [-0.2, 0) is 22.6 Å². The minimum absolute atomic E-state index is 0.0801. The molecule has 0 bridgehead atoms. The summed E-state index contributed by atoms with van der Waals surface area (Å²) in [4.78, 5) is 11.1. The zero-order valence-corrected chi connectivity index (χ0v) is 10.2. The van der Waals surface area contributed by atoms with Gasteiger partial charge >= 0.3 is 5.97 Å². The molecule has 0 saturated heterocycles. The van der Waals surface area contributed by atoms with E-state index in [2.05, 4.69) is 20.7 Å². The molecule has 5 heteroatoms. The first-order valence-corrected chi connectivity index (χ1v) is 5.30. The number of rotatable bonds is 3. The first-order valence-electron chi connectivity index (χ1n) is 4.51. The zero-order valence-electron chi connectivity index (χ0n) is 8.66. The predicted octanol–water partition coefficient (Wildman–Crippen LogP) is 1.53. The van der Waals surface area contributed by atoms with Crippen molar-refractivity contribution in [3.8, 4) is 6.07 Å². The Hall–Kier alpha value is -1.38. The molecule has 0 radical (unpaired) electrons. The Kier molecular flexibility index (Phi) is 4.47. The number of carbonyl (C=O) groups is 1. The average Bonchev–Trinajstić information content (AvgIpc) is 2.29. The molecule has 0 unspecified atom stereocenters. The van der Waals surface area contributed by atoms with Gasteiger partial charge in [0.15, 0.2) is 0 Å². The summed E-state index contributed by atoms with van der Waals surface area (Å²) in [6.07, 6.45) is 0.0801. The molecule has 0 aliphatic heterocycles. The number of ether oxygens (including phenoxy) is 1. The number of benzene rings is 1. The van der Waals surface area contributed by atoms with E-state index in [9.17, 15) is 4.79 Å². The highest BCUT2D eigenvalue weighted by atomic mass is 79.9. The fourth-order valence-corrected chi connectivity index (χ4v) is 1.76. The van der Waals surface area contributed by atoms with Crippen LogP contribution >= 0.6 is 15.9 Å². The van der Waals surface area contributed by atoms with Crippen LogP contribution in [0.2, 0.25) is 0 Å². The zero-order chi connectivity index (χ0) is 12.1. The van der Waals surface area contributed by atoms with E-state index in [4.69, 9.17) is 10.4 Å². The van der Waals surface area contributed by atoms with Gasteiger partial charge in [-0.2, -0.15) is 5.26 Å². The number of aliphatic hydroxyl groups excluding tert-OH is 1. The van der Waals surface area contributed by atoms with Crippen LogP contribution in [0.4, 0.5) is 0 Å². The Labute approximate surface area is 102 Å². The second-order valence-corrected chi connectivity index (χ2v) is 3.98. The topological polar surface area (TPSA) is 70.3 Å². The molecule has 0 spiro atoms. The van der Waals surface area contributed by atoms with Crippen LogP contribution in [0.25, 0.3) is 0 Å². The van der Waals surface area contributed by atoms with E-state index in [1.165, 1.54) is 7.11 Å². The molecule has 1 N–H and O–H groups in total. The Morgan fingerprint density at radius 2 is 2.25 bits per heavy atom. The molecule has 0 aromatic heterocycles. The quantitative estimate of drug-likeness (QED) is 0.854. The summed E-state index contributed by atoms with van der Waals surface area (Å²) in [5.41, 5.74) is 1.64. The van der Waals surface area contributed by atoms with Crippen LogP contribution in [0.3, 0.4) is 0 Å². The Morgan fingerprint density at radius 1 is 1.56 bits per heavy atom. The first kappa shape index (κ1) is 12.7. The van der Waals surface area contributed by atoms with Gasteiger partial charge in [0.25, 0.3) is 0 Å². The lowest BCUT2D eigenvalue weighted by Crippen LogP contribution is -2.07. The molecule has 4 nitrogen and oxygen atoms in total. The lowest BCUT2D eigenvalue weighted by molar-refractivity contribution is -0.139. The number of methoxy groups -OCH3 is 1. The predicted molar refractivity (Wildman–Crippen MR) is 60.5 cm³/mol. The Bertz CT molecular complexity index is 451. The molecular weight excluding hydrogens is 274 g/mol. The number of aliphatic hydroxyl groups is 1. The van der Waals surface area contributed by atoms with Gasteiger partial charge in [-0.05, 0) is 39.2 Å². The van der Waals surface area contributed by atoms with Crippen LogP contribution in [0.5, 0.6) is 0 Å². The molecule has 0 atom stereocenters. The van der Waals surface area contributed by atoms with Crippen molar-refractivity contribution in [3.63, 3.8) is 0 Å². The molecule has 0 saturated carbocycles. The van der Waals surface area contributed by atoms with Gasteiger partial charge in [-0.15, -0.1) is 0 Å². The van der Waals surface area contributed by atoms with Crippen molar-refractivity contribution in [3.05, 3.63) is 33.3 Å². The van der Waals surface area contributed by atoms with Gasteiger partial charge in [-0.1, -0.05) is 0 Å². The number of esters is 1. The molecular formula is C11H10BrNO3. The van der Waals surface area contributed by atoms with E-state index in [1.54, 1.807) is 12.1 Å². The molecule has 0 amide bonds. The Balaban J connectivity index is 3.14. The third-order valence-corrected chi connectivity index (χ3v) is 2.80. The first-order chi connectivity index (χ1) is 7.62. The third-order valence-electron chi connectivity index (χ3n) is 2.14. The second kappa shape index (κ2) is 5.64. The maximum Gasteiger partial charge on any atom is 0.309 e. The van der Waals surface area contributed by atoms with E-state index < -0.39 is 0 Å². The van der Waals surface area contributed by atoms with E-state index >= 15 is 0 Å². The summed E-state index contributed by atoms with van der Waals surface area (Å²) in [5.74, 6) is -0.383. The van der Waals surface area contributed by atoms with Crippen molar-refractivity contribution in [1.82, 2.24) is 0 Å². The number of halogens is 1. The summed E-state index contributed by atoms with van der Waals surface area (Å²) >= 11 is 3.23. The van der Waals surface area contributed by atoms with Crippen LogP contribution in [0.1, 0.15) is 16.7 Å². The van der Waals surface area contributed by atoms with Crippen molar-refractivity contribution >= 4 is 21.9 Å². The molecule has 1 aromatic rings. The van der Waals surface area contributed by atoms with Crippen molar-refractivity contribution in [1.29, 1.82) is 5.26 Å². The summed E-state index contributed by atoms with van der Waals surface area (Å²) < 4.78 is 5.15. The highest BCUT2D eigenvalue weighted by Gasteiger charge is 2.11. The fourth-order valence-electron chi connectivity index (χ4n) is 1.28. The molecule has 16 heavy (non-hydrogen) atoms. The maximum absolute atomic E-state index is 11.1. The summed E-state index contributed by atoms with van der Waals surface area (Å²) in [5, 5.41) is 17.9. The standard InChI is InChI=1S/C11H10BrNO3/c1-16-11(15)4-7-3-10(12)8(5-13)2-9(7)6-14/h2-3,14H,4,6H2,1H3. The van der Waals surface area contributed by atoms with Gasteiger partial charge in [-0.25, -0.2) is 0 Å². The average molecular weight is 284 g/mol. The van der Waals surface area contributed by atoms with Crippen molar-refractivity contribution in [2.75, 3.05) is 7.11 Å². The molecule has 84 valence electrons. The van der Waals surface area contributed by atoms with Crippen LogP contribution in [0, 0.1) is 11.3 Å². The molecule has 0 fully saturated rings. The lowest BCUT2D eigenvalue weighted by atomic mass is 10.0. The number of hydrogen-bond donors (Lipinski definition) is 1. The van der Waals surface area contributed by atoms with E-state index in [0.29, 0.717) is 21.2 Å². The van der Waals surface area contributed by atoms with Crippen molar-refractivity contribution < 1.29 is 14.6 Å². The SMILES string of the molecule is COC(=O)Cc1cc(Br)c(C#N)cc1CO. The third kappa shape index (κ3) is 2.81. The minimum Gasteiger partial charge on any atom is -0.469 e. The van der Waals surface area contributed by atoms with E-state index in [0.717, 1.165) is 0 Å². The van der Waals surface area contributed by atoms with Gasteiger partial charge < -0.3 is 9.84 Å². The van der Waals surface area contributed by atoms with E-state index in [1.807, 2.05) is 6.07 Å². The van der Waals surface area contributed by atoms with Crippen LogP contribution in [0.15, 0.2) is 16.6 Å². The number of carbonyl (C=O) groups excluding carboxylic acids is 1. The number of nitriles is 1. The highest BCUT2D eigenvalue weighted by Crippen LogP contribution is 2.22. The summed E-state index contributed by atoms with van der Waals surface area (Å²) in [7, 11) is 1.31. The molecule has 1 aromatic carbocycles. The van der Waals surface area contributed by atoms with Crippen LogP contribution < -0.4 is 0 Å². The minimum atomic E-state index is -0.383. The molecule has 0 aliphatic rings. The van der Waals surface area contributed by atoms with E-state index in [-0.39, 0.29) is 19.0 Å². The monoisotopic (exact) mass is 283 g/mol. The van der Waals surface area contributed by atoms with Crippen LogP contribution in [-0.4, -0.2) is 18.2 Å². The molecule has 0 aliphatic carbocycles. The molecule has 0 heterocycles.